The molecule has 168 valence electrons. The zero-order chi connectivity index (χ0) is 22.4. The van der Waals surface area contributed by atoms with Crippen LogP contribution in [-0.4, -0.2) is 69.2 Å². The van der Waals surface area contributed by atoms with Crippen LogP contribution in [0.25, 0.3) is 0 Å². The number of halogens is 3. The Hall–Kier alpha value is -2.94. The van der Waals surface area contributed by atoms with E-state index in [1.807, 2.05) is 4.90 Å². The number of amides is 1. The number of likely N-dealkylation sites (N-methyl/N-ethyl adjacent to an activating group) is 1. The van der Waals surface area contributed by atoms with E-state index < -0.39 is 6.61 Å². The van der Waals surface area contributed by atoms with Crippen molar-refractivity contribution in [1.29, 1.82) is 0 Å². The lowest BCUT2D eigenvalue weighted by atomic mass is 10.2. The topological polar surface area (TPSA) is 45.2 Å². The number of anilines is 1. The van der Waals surface area contributed by atoms with Crippen molar-refractivity contribution < 1.29 is 27.4 Å². The Morgan fingerprint density at radius 3 is 2.35 bits per heavy atom. The molecule has 1 aliphatic rings. The number of hydrogen-bond donors (Lipinski definition) is 0. The molecule has 31 heavy (non-hydrogen) atoms. The molecule has 1 aliphatic heterocycles. The van der Waals surface area contributed by atoms with E-state index in [1.165, 1.54) is 25.3 Å². The van der Waals surface area contributed by atoms with E-state index in [2.05, 4.69) is 9.64 Å². The molecule has 1 amide bonds. The summed E-state index contributed by atoms with van der Waals surface area (Å²) in [5.74, 6) is -0.0855. The van der Waals surface area contributed by atoms with Gasteiger partial charge in [0, 0.05) is 38.4 Å². The first-order chi connectivity index (χ1) is 14.9. The zero-order valence-corrected chi connectivity index (χ0v) is 17.6. The number of alkyl halides is 2. The molecule has 2 aromatic carbocycles. The van der Waals surface area contributed by atoms with E-state index in [1.54, 1.807) is 36.2 Å². The summed E-state index contributed by atoms with van der Waals surface area (Å²) in [5.41, 5.74) is 1.67. The van der Waals surface area contributed by atoms with Crippen molar-refractivity contribution in [2.45, 2.75) is 13.2 Å². The lowest BCUT2D eigenvalue weighted by Crippen LogP contribution is -2.51. The third-order valence-corrected chi connectivity index (χ3v) is 5.13. The summed E-state index contributed by atoms with van der Waals surface area (Å²) in [5, 5.41) is 0. The summed E-state index contributed by atoms with van der Waals surface area (Å²) in [6.45, 7) is 0.162. The highest BCUT2D eigenvalue weighted by Crippen LogP contribution is 2.29. The van der Waals surface area contributed by atoms with Crippen LogP contribution in [0.5, 0.6) is 11.5 Å². The Morgan fingerprint density at radius 1 is 1.06 bits per heavy atom. The Morgan fingerprint density at radius 2 is 1.74 bits per heavy atom. The minimum absolute atomic E-state index is 0.00109. The average Bonchev–Trinajstić information content (AvgIpc) is 2.74. The molecule has 0 atom stereocenters. The molecule has 6 nitrogen and oxygen atoms in total. The van der Waals surface area contributed by atoms with Gasteiger partial charge >= 0.3 is 6.61 Å². The van der Waals surface area contributed by atoms with Crippen molar-refractivity contribution >= 4 is 11.6 Å². The van der Waals surface area contributed by atoms with Gasteiger partial charge in [0.1, 0.15) is 5.82 Å². The summed E-state index contributed by atoms with van der Waals surface area (Å²) in [4.78, 5) is 18.4. The van der Waals surface area contributed by atoms with Gasteiger partial charge in [0.2, 0.25) is 5.91 Å². The molecule has 0 bridgehead atoms. The number of rotatable bonds is 8. The molecule has 0 aliphatic carbocycles. The average molecular weight is 437 g/mol. The fourth-order valence-corrected chi connectivity index (χ4v) is 3.57. The van der Waals surface area contributed by atoms with Gasteiger partial charge < -0.3 is 19.3 Å². The van der Waals surface area contributed by atoms with E-state index in [9.17, 15) is 18.0 Å². The summed E-state index contributed by atoms with van der Waals surface area (Å²) < 4.78 is 47.9. The van der Waals surface area contributed by atoms with Crippen molar-refractivity contribution in [3.8, 4) is 11.5 Å². The van der Waals surface area contributed by atoms with Crippen LogP contribution in [0.2, 0.25) is 0 Å². The van der Waals surface area contributed by atoms with Crippen LogP contribution in [0.4, 0.5) is 18.9 Å². The number of methoxy groups -OCH3 is 1. The van der Waals surface area contributed by atoms with E-state index in [0.717, 1.165) is 11.3 Å². The van der Waals surface area contributed by atoms with Crippen molar-refractivity contribution in [3.63, 3.8) is 0 Å². The Labute approximate surface area is 179 Å². The van der Waals surface area contributed by atoms with E-state index in [4.69, 9.17) is 4.74 Å². The number of nitrogens with zero attached hydrogens (tertiary/aromatic N) is 3. The van der Waals surface area contributed by atoms with Crippen LogP contribution >= 0.6 is 0 Å². The number of ether oxygens (including phenoxy) is 2. The fourth-order valence-electron chi connectivity index (χ4n) is 3.57. The second-order valence-electron chi connectivity index (χ2n) is 7.38. The van der Waals surface area contributed by atoms with E-state index in [0.29, 0.717) is 32.7 Å². The van der Waals surface area contributed by atoms with Crippen LogP contribution in [-0.2, 0) is 11.3 Å². The maximum atomic E-state index is 13.1. The molecule has 0 spiro atoms. The predicted molar refractivity (Wildman–Crippen MR) is 111 cm³/mol. The fraction of sp³-hybridized carbons (Fsp3) is 0.409. The highest BCUT2D eigenvalue weighted by Gasteiger charge is 2.22. The van der Waals surface area contributed by atoms with Crippen molar-refractivity contribution in [2.75, 3.05) is 51.8 Å². The second kappa shape index (κ2) is 10.4. The molecule has 3 rings (SSSR count). The number of carbonyl (C=O) groups is 1. The zero-order valence-electron chi connectivity index (χ0n) is 17.6. The van der Waals surface area contributed by atoms with Gasteiger partial charge in [-0.05, 0) is 49.0 Å². The van der Waals surface area contributed by atoms with Gasteiger partial charge in [0.15, 0.2) is 11.5 Å². The third-order valence-electron chi connectivity index (χ3n) is 5.13. The molecule has 1 heterocycles. The van der Waals surface area contributed by atoms with Gasteiger partial charge in [-0.25, -0.2) is 4.39 Å². The molecule has 0 aromatic heterocycles. The van der Waals surface area contributed by atoms with Crippen molar-refractivity contribution in [1.82, 2.24) is 9.80 Å². The van der Waals surface area contributed by atoms with Crippen molar-refractivity contribution in [3.05, 3.63) is 53.8 Å². The summed E-state index contributed by atoms with van der Waals surface area (Å²) >= 11 is 0. The first-order valence-corrected chi connectivity index (χ1v) is 9.94. The minimum atomic E-state index is -2.95. The Kier molecular flexibility index (Phi) is 7.62. The van der Waals surface area contributed by atoms with Crippen LogP contribution in [0, 0.1) is 5.82 Å². The SMILES string of the molecule is COc1ccc(CN(C)CC(=O)N2CCN(c3ccc(F)cc3)CC2)cc1OC(F)F. The quantitative estimate of drug-likeness (QED) is 0.635. The summed E-state index contributed by atoms with van der Waals surface area (Å²) in [7, 11) is 3.18. The molecular weight excluding hydrogens is 411 g/mol. The van der Waals surface area contributed by atoms with Crippen LogP contribution in [0.1, 0.15) is 5.56 Å². The maximum absolute atomic E-state index is 13.1. The molecule has 0 N–H and O–H groups in total. The van der Waals surface area contributed by atoms with Gasteiger partial charge in [0.25, 0.3) is 0 Å². The van der Waals surface area contributed by atoms with Gasteiger partial charge in [-0.15, -0.1) is 0 Å². The predicted octanol–water partition coefficient (Wildman–Crippen LogP) is 3.22. The lowest BCUT2D eigenvalue weighted by Gasteiger charge is -2.36. The monoisotopic (exact) mass is 437 g/mol. The highest BCUT2D eigenvalue weighted by molar-refractivity contribution is 5.78. The van der Waals surface area contributed by atoms with Gasteiger partial charge in [0.05, 0.1) is 13.7 Å². The molecule has 1 saturated heterocycles. The largest absolute Gasteiger partial charge is 0.493 e. The van der Waals surface area contributed by atoms with Gasteiger partial charge in [-0.3, -0.25) is 9.69 Å². The highest BCUT2D eigenvalue weighted by atomic mass is 19.3. The molecule has 0 radical (unpaired) electrons. The van der Waals surface area contributed by atoms with Crippen molar-refractivity contribution in [2.24, 2.45) is 0 Å². The van der Waals surface area contributed by atoms with E-state index >= 15 is 0 Å². The molecule has 0 unspecified atom stereocenters. The molecule has 2 aromatic rings. The minimum Gasteiger partial charge on any atom is -0.493 e. The Balaban J connectivity index is 1.51. The normalized spacial score (nSPS) is 14.3. The first-order valence-electron chi connectivity index (χ1n) is 9.94. The summed E-state index contributed by atoms with van der Waals surface area (Å²) in [6.07, 6.45) is 0. The van der Waals surface area contributed by atoms with Gasteiger partial charge in [-0.1, -0.05) is 6.07 Å². The molecule has 9 heteroatoms. The van der Waals surface area contributed by atoms with Crippen LogP contribution in [0.3, 0.4) is 0 Å². The maximum Gasteiger partial charge on any atom is 0.387 e. The second-order valence-corrected chi connectivity index (χ2v) is 7.38. The van der Waals surface area contributed by atoms with Gasteiger partial charge in [-0.2, -0.15) is 8.78 Å². The van der Waals surface area contributed by atoms with Crippen LogP contribution in [0.15, 0.2) is 42.5 Å². The smallest absolute Gasteiger partial charge is 0.387 e. The third kappa shape index (κ3) is 6.27. The molecule has 1 fully saturated rings. The molecular formula is C22H26F3N3O3. The lowest BCUT2D eigenvalue weighted by molar-refractivity contribution is -0.132. The number of piperazine rings is 1. The number of carbonyl (C=O) groups excluding carboxylic acids is 1. The first kappa shape index (κ1) is 22.7. The van der Waals surface area contributed by atoms with E-state index in [-0.39, 0.29) is 29.8 Å². The summed E-state index contributed by atoms with van der Waals surface area (Å²) in [6, 6.07) is 11.1. The standard InChI is InChI=1S/C22H26F3N3O3/c1-26(14-16-3-8-19(30-2)20(13-16)31-22(24)25)15-21(29)28-11-9-27(10-12-28)18-6-4-17(23)5-7-18/h3-8,13,22H,9-12,14-15H2,1-2H3. The Bertz CT molecular complexity index is 872. The number of benzene rings is 2. The number of hydrogen-bond acceptors (Lipinski definition) is 5. The molecule has 0 saturated carbocycles. The van der Waals surface area contributed by atoms with Crippen LogP contribution < -0.4 is 14.4 Å².